The largest absolute Gasteiger partial charge is 0.371 e. The summed E-state index contributed by atoms with van der Waals surface area (Å²) < 4.78 is 0. The molecule has 0 aliphatic heterocycles. The average molecular weight is 270 g/mol. The van der Waals surface area contributed by atoms with E-state index in [1.165, 1.54) is 6.20 Å². The first-order chi connectivity index (χ1) is 9.74. The van der Waals surface area contributed by atoms with Crippen molar-refractivity contribution >= 4 is 17.4 Å². The molecule has 0 fully saturated rings. The summed E-state index contributed by atoms with van der Waals surface area (Å²) in [6.45, 7) is 6.06. The minimum atomic E-state index is -0.207. The summed E-state index contributed by atoms with van der Waals surface area (Å²) in [7, 11) is 0. The summed E-state index contributed by atoms with van der Waals surface area (Å²) in [6, 6.07) is 7.21. The van der Waals surface area contributed by atoms with E-state index in [4.69, 9.17) is 0 Å². The Labute approximate surface area is 118 Å². The van der Waals surface area contributed by atoms with Gasteiger partial charge >= 0.3 is 0 Å². The molecule has 0 bridgehead atoms. The second-order valence-corrected chi connectivity index (χ2v) is 4.27. The van der Waals surface area contributed by atoms with Gasteiger partial charge in [-0.05, 0) is 38.1 Å². The summed E-state index contributed by atoms with van der Waals surface area (Å²) in [4.78, 5) is 22.3. The molecule has 2 aromatic heterocycles. The lowest BCUT2D eigenvalue weighted by molar-refractivity contribution is 0.102. The third kappa shape index (κ3) is 3.32. The maximum atomic E-state index is 11.9. The summed E-state index contributed by atoms with van der Waals surface area (Å²) in [5.41, 5.74) is 1.57. The van der Waals surface area contributed by atoms with Gasteiger partial charge in [-0.1, -0.05) is 0 Å². The van der Waals surface area contributed by atoms with Crippen molar-refractivity contribution in [2.45, 2.75) is 13.8 Å². The molecule has 2 heterocycles. The zero-order chi connectivity index (χ0) is 14.4. The molecular weight excluding hydrogens is 252 g/mol. The van der Waals surface area contributed by atoms with Crippen molar-refractivity contribution in [1.29, 1.82) is 0 Å². The van der Waals surface area contributed by atoms with Gasteiger partial charge in [-0.25, -0.2) is 4.98 Å². The fourth-order valence-electron chi connectivity index (χ4n) is 1.92. The van der Waals surface area contributed by atoms with E-state index in [2.05, 4.69) is 34.0 Å². The fraction of sp³-hybridized carbons (Fsp3) is 0.267. The molecule has 5 nitrogen and oxygen atoms in total. The average Bonchev–Trinajstić information content (AvgIpc) is 2.51. The van der Waals surface area contributed by atoms with Crippen LogP contribution in [0.25, 0.3) is 0 Å². The van der Waals surface area contributed by atoms with Crippen LogP contribution in [0, 0.1) is 0 Å². The fourth-order valence-corrected chi connectivity index (χ4v) is 1.92. The zero-order valence-corrected chi connectivity index (χ0v) is 11.7. The maximum absolute atomic E-state index is 11.9. The number of nitrogens with zero attached hydrogens (tertiary/aromatic N) is 3. The molecule has 0 saturated heterocycles. The third-order valence-electron chi connectivity index (χ3n) is 3.04. The van der Waals surface area contributed by atoms with Gasteiger partial charge in [0, 0.05) is 25.5 Å². The molecule has 0 saturated carbocycles. The number of pyridine rings is 2. The van der Waals surface area contributed by atoms with Crippen molar-refractivity contribution < 1.29 is 4.79 Å². The van der Waals surface area contributed by atoms with Crippen LogP contribution in [0.4, 0.5) is 11.5 Å². The van der Waals surface area contributed by atoms with Crippen molar-refractivity contribution in [1.82, 2.24) is 9.97 Å². The van der Waals surface area contributed by atoms with E-state index in [0.29, 0.717) is 11.4 Å². The highest BCUT2D eigenvalue weighted by molar-refractivity contribution is 6.03. The Morgan fingerprint density at radius 3 is 2.55 bits per heavy atom. The van der Waals surface area contributed by atoms with Crippen LogP contribution in [0.3, 0.4) is 0 Å². The van der Waals surface area contributed by atoms with Gasteiger partial charge in [0.05, 0.1) is 17.4 Å². The van der Waals surface area contributed by atoms with E-state index in [-0.39, 0.29) is 5.91 Å². The van der Waals surface area contributed by atoms with Gasteiger partial charge in [0.2, 0.25) is 0 Å². The highest BCUT2D eigenvalue weighted by atomic mass is 16.1. The van der Waals surface area contributed by atoms with Crippen LogP contribution in [-0.2, 0) is 0 Å². The van der Waals surface area contributed by atoms with Gasteiger partial charge in [-0.3, -0.25) is 9.78 Å². The summed E-state index contributed by atoms with van der Waals surface area (Å²) >= 11 is 0. The van der Waals surface area contributed by atoms with Crippen LogP contribution in [0.5, 0.6) is 0 Å². The Kier molecular flexibility index (Phi) is 4.65. The van der Waals surface area contributed by atoms with E-state index in [0.717, 1.165) is 18.8 Å². The topological polar surface area (TPSA) is 58.1 Å². The summed E-state index contributed by atoms with van der Waals surface area (Å²) in [5, 5.41) is 2.75. The first-order valence-electron chi connectivity index (χ1n) is 6.67. The van der Waals surface area contributed by atoms with E-state index >= 15 is 0 Å². The molecule has 0 unspecified atom stereocenters. The molecule has 2 aromatic rings. The summed E-state index contributed by atoms with van der Waals surface area (Å²) in [6.07, 6.45) is 4.93. The van der Waals surface area contributed by atoms with Gasteiger partial charge < -0.3 is 10.2 Å². The highest BCUT2D eigenvalue weighted by Crippen LogP contribution is 2.15. The number of carbonyl (C=O) groups excluding carboxylic acids is 1. The number of hydrogen-bond acceptors (Lipinski definition) is 4. The van der Waals surface area contributed by atoms with Crippen LogP contribution >= 0.6 is 0 Å². The van der Waals surface area contributed by atoms with Crippen LogP contribution in [-0.4, -0.2) is 29.0 Å². The van der Waals surface area contributed by atoms with Crippen LogP contribution in [0.15, 0.2) is 42.9 Å². The molecule has 0 radical (unpaired) electrons. The quantitative estimate of drug-likeness (QED) is 0.907. The van der Waals surface area contributed by atoms with Crippen molar-refractivity contribution in [2.75, 3.05) is 23.3 Å². The van der Waals surface area contributed by atoms with Gasteiger partial charge in [0.25, 0.3) is 5.91 Å². The number of rotatable bonds is 5. The Balaban J connectivity index is 2.06. The van der Waals surface area contributed by atoms with E-state index in [1.54, 1.807) is 24.5 Å². The number of aromatic nitrogens is 2. The molecule has 2 rings (SSSR count). The molecule has 0 aromatic carbocycles. The Morgan fingerprint density at radius 1 is 1.20 bits per heavy atom. The van der Waals surface area contributed by atoms with Crippen molar-refractivity contribution in [2.24, 2.45) is 0 Å². The molecule has 0 aliphatic rings. The number of anilines is 2. The predicted octanol–water partition coefficient (Wildman–Crippen LogP) is 2.58. The van der Waals surface area contributed by atoms with Crippen molar-refractivity contribution in [3.63, 3.8) is 0 Å². The number of carbonyl (C=O) groups is 1. The zero-order valence-electron chi connectivity index (χ0n) is 11.7. The standard InChI is InChI=1S/C15H18N4O/c1-3-19(4-2)13-7-8-14(17-11-13)18-15(20)12-6-5-9-16-10-12/h5-11H,3-4H2,1-2H3,(H,17,18,20). The molecule has 0 spiro atoms. The lowest BCUT2D eigenvalue weighted by Gasteiger charge is -2.20. The molecule has 0 aliphatic carbocycles. The Bertz CT molecular complexity index is 550. The number of amides is 1. The lowest BCUT2D eigenvalue weighted by atomic mass is 10.2. The lowest BCUT2D eigenvalue weighted by Crippen LogP contribution is -2.22. The van der Waals surface area contributed by atoms with Gasteiger partial charge in [0.1, 0.15) is 5.82 Å². The minimum Gasteiger partial charge on any atom is -0.371 e. The second-order valence-electron chi connectivity index (χ2n) is 4.27. The van der Waals surface area contributed by atoms with Crippen LogP contribution in [0.2, 0.25) is 0 Å². The maximum Gasteiger partial charge on any atom is 0.258 e. The third-order valence-corrected chi connectivity index (χ3v) is 3.04. The summed E-state index contributed by atoms with van der Waals surface area (Å²) in [5.74, 6) is 0.330. The SMILES string of the molecule is CCN(CC)c1ccc(NC(=O)c2cccnc2)nc1. The van der Waals surface area contributed by atoms with Gasteiger partial charge in [0.15, 0.2) is 0 Å². The first-order valence-corrected chi connectivity index (χ1v) is 6.67. The minimum absolute atomic E-state index is 0.207. The molecule has 1 N–H and O–H groups in total. The molecule has 0 atom stereocenters. The predicted molar refractivity (Wildman–Crippen MR) is 80.0 cm³/mol. The smallest absolute Gasteiger partial charge is 0.258 e. The van der Waals surface area contributed by atoms with Gasteiger partial charge in [-0.2, -0.15) is 0 Å². The van der Waals surface area contributed by atoms with E-state index < -0.39 is 0 Å². The molecule has 104 valence electrons. The van der Waals surface area contributed by atoms with Gasteiger partial charge in [-0.15, -0.1) is 0 Å². The Hall–Kier alpha value is -2.43. The van der Waals surface area contributed by atoms with Crippen molar-refractivity contribution in [3.05, 3.63) is 48.4 Å². The molecule has 1 amide bonds. The monoisotopic (exact) mass is 270 g/mol. The molecular formula is C15H18N4O. The number of hydrogen-bond donors (Lipinski definition) is 1. The normalized spacial score (nSPS) is 10.1. The van der Waals surface area contributed by atoms with Crippen LogP contribution < -0.4 is 10.2 Å². The van der Waals surface area contributed by atoms with Crippen LogP contribution in [0.1, 0.15) is 24.2 Å². The molecule has 5 heteroatoms. The first kappa shape index (κ1) is 14.0. The van der Waals surface area contributed by atoms with Crippen molar-refractivity contribution in [3.8, 4) is 0 Å². The van der Waals surface area contributed by atoms with E-state index in [1.807, 2.05) is 12.1 Å². The van der Waals surface area contributed by atoms with E-state index in [9.17, 15) is 4.79 Å². The highest BCUT2D eigenvalue weighted by Gasteiger charge is 2.07. The molecule has 20 heavy (non-hydrogen) atoms. The second kappa shape index (κ2) is 6.65. The number of nitrogens with one attached hydrogen (secondary N) is 1. The Morgan fingerprint density at radius 2 is 2.00 bits per heavy atom.